The van der Waals surface area contributed by atoms with Crippen molar-refractivity contribution in [1.29, 1.82) is 0 Å². The summed E-state index contributed by atoms with van der Waals surface area (Å²) in [6.07, 6.45) is 3.33. The van der Waals surface area contributed by atoms with Crippen LogP contribution in [0.2, 0.25) is 0 Å². The van der Waals surface area contributed by atoms with E-state index in [0.717, 1.165) is 55.1 Å². The van der Waals surface area contributed by atoms with Crippen molar-refractivity contribution < 1.29 is 4.79 Å². The number of aryl methyl sites for hydroxylation is 1. The molecule has 2 unspecified atom stereocenters. The highest BCUT2D eigenvalue weighted by molar-refractivity contribution is 5.96. The van der Waals surface area contributed by atoms with Crippen LogP contribution in [0.1, 0.15) is 56.0 Å². The average molecular weight is 288 g/mol. The van der Waals surface area contributed by atoms with Gasteiger partial charge in [-0.15, -0.1) is 0 Å². The predicted molar refractivity (Wildman–Crippen MR) is 88.9 cm³/mol. The Hall–Kier alpha value is -1.51. The maximum atomic E-state index is 12.8. The van der Waals surface area contributed by atoms with E-state index in [0.29, 0.717) is 6.04 Å². The number of carbonyl (C=O) groups is 1. The fraction of sp³-hybridized carbons (Fsp3) is 0.611. The first-order valence-electron chi connectivity index (χ1n) is 8.18. The van der Waals surface area contributed by atoms with Crippen molar-refractivity contribution in [2.24, 2.45) is 5.92 Å². The summed E-state index contributed by atoms with van der Waals surface area (Å²) < 4.78 is 0. The summed E-state index contributed by atoms with van der Waals surface area (Å²) in [5.41, 5.74) is 3.01. The number of hydrogen-bond donors (Lipinski definition) is 1. The van der Waals surface area contributed by atoms with Gasteiger partial charge in [0.05, 0.1) is 0 Å². The fourth-order valence-electron chi connectivity index (χ4n) is 3.15. The van der Waals surface area contributed by atoms with E-state index < -0.39 is 0 Å². The Morgan fingerprint density at radius 3 is 2.76 bits per heavy atom. The Bertz CT molecular complexity index is 498. The quantitative estimate of drug-likeness (QED) is 0.905. The SMILES string of the molecule is CCCNc1ccc(C(=O)N2CCC(C)CC2C)c(C)c1. The first-order valence-corrected chi connectivity index (χ1v) is 8.18. The molecule has 1 amide bonds. The molecule has 3 heteroatoms. The Labute approximate surface area is 128 Å². The summed E-state index contributed by atoms with van der Waals surface area (Å²) >= 11 is 0. The summed E-state index contributed by atoms with van der Waals surface area (Å²) in [5, 5.41) is 3.37. The molecule has 2 atom stereocenters. The second-order valence-corrected chi connectivity index (χ2v) is 6.43. The maximum absolute atomic E-state index is 12.8. The molecule has 1 saturated heterocycles. The van der Waals surface area contributed by atoms with Crippen molar-refractivity contribution in [1.82, 2.24) is 4.90 Å². The van der Waals surface area contributed by atoms with Crippen LogP contribution >= 0.6 is 0 Å². The summed E-state index contributed by atoms with van der Waals surface area (Å²) in [4.78, 5) is 14.8. The van der Waals surface area contributed by atoms with Crippen LogP contribution in [0.25, 0.3) is 0 Å². The van der Waals surface area contributed by atoms with Gasteiger partial charge < -0.3 is 10.2 Å². The Balaban J connectivity index is 2.12. The minimum Gasteiger partial charge on any atom is -0.385 e. The number of anilines is 1. The molecule has 116 valence electrons. The van der Waals surface area contributed by atoms with Crippen LogP contribution in [0.3, 0.4) is 0 Å². The molecule has 1 heterocycles. The molecule has 21 heavy (non-hydrogen) atoms. The van der Waals surface area contributed by atoms with E-state index in [1.54, 1.807) is 0 Å². The van der Waals surface area contributed by atoms with Crippen LogP contribution in [0, 0.1) is 12.8 Å². The van der Waals surface area contributed by atoms with Crippen molar-refractivity contribution in [3.63, 3.8) is 0 Å². The lowest BCUT2D eigenvalue weighted by Gasteiger charge is -2.36. The van der Waals surface area contributed by atoms with E-state index in [9.17, 15) is 4.79 Å². The number of carbonyl (C=O) groups excluding carboxylic acids is 1. The van der Waals surface area contributed by atoms with Gasteiger partial charge in [-0.3, -0.25) is 4.79 Å². The monoisotopic (exact) mass is 288 g/mol. The molecule has 1 aromatic rings. The van der Waals surface area contributed by atoms with E-state index in [2.05, 4.69) is 32.2 Å². The van der Waals surface area contributed by atoms with Gasteiger partial charge in [0.2, 0.25) is 0 Å². The Morgan fingerprint density at radius 2 is 2.14 bits per heavy atom. The minimum absolute atomic E-state index is 0.189. The topological polar surface area (TPSA) is 32.3 Å². The molecule has 3 nitrogen and oxygen atoms in total. The number of likely N-dealkylation sites (tertiary alicyclic amines) is 1. The highest BCUT2D eigenvalue weighted by Gasteiger charge is 2.28. The molecule has 0 radical (unpaired) electrons. The lowest BCUT2D eigenvalue weighted by molar-refractivity contribution is 0.0588. The van der Waals surface area contributed by atoms with E-state index in [4.69, 9.17) is 0 Å². The van der Waals surface area contributed by atoms with Gasteiger partial charge in [-0.05, 0) is 62.8 Å². The van der Waals surface area contributed by atoms with E-state index in [-0.39, 0.29) is 5.91 Å². The highest BCUT2D eigenvalue weighted by Crippen LogP contribution is 2.25. The number of nitrogens with one attached hydrogen (secondary N) is 1. The number of piperidine rings is 1. The van der Waals surface area contributed by atoms with E-state index in [1.165, 1.54) is 0 Å². The largest absolute Gasteiger partial charge is 0.385 e. The zero-order chi connectivity index (χ0) is 15.4. The van der Waals surface area contributed by atoms with Gasteiger partial charge in [0.15, 0.2) is 0 Å². The number of amides is 1. The molecule has 0 saturated carbocycles. The Morgan fingerprint density at radius 1 is 1.38 bits per heavy atom. The number of rotatable bonds is 4. The van der Waals surface area contributed by atoms with Gasteiger partial charge in [-0.2, -0.15) is 0 Å². The molecule has 1 N–H and O–H groups in total. The van der Waals surface area contributed by atoms with Crippen LogP contribution in [-0.4, -0.2) is 29.9 Å². The lowest BCUT2D eigenvalue weighted by atomic mass is 9.92. The van der Waals surface area contributed by atoms with Gasteiger partial charge in [0, 0.05) is 30.4 Å². The standard InChI is InChI=1S/C18H28N2O/c1-5-9-19-16-6-7-17(14(3)12-16)18(21)20-10-8-13(2)11-15(20)4/h6-7,12-13,15,19H,5,8-11H2,1-4H3. The third-order valence-electron chi connectivity index (χ3n) is 4.44. The van der Waals surface area contributed by atoms with E-state index >= 15 is 0 Å². The molecule has 0 spiro atoms. The summed E-state index contributed by atoms with van der Waals surface area (Å²) in [6, 6.07) is 6.42. The molecule has 0 aromatic heterocycles. The summed E-state index contributed by atoms with van der Waals surface area (Å²) in [6.45, 7) is 10.5. The van der Waals surface area contributed by atoms with Crippen molar-refractivity contribution >= 4 is 11.6 Å². The highest BCUT2D eigenvalue weighted by atomic mass is 16.2. The third kappa shape index (κ3) is 3.78. The van der Waals surface area contributed by atoms with Crippen LogP contribution in [0.5, 0.6) is 0 Å². The average Bonchev–Trinajstić information content (AvgIpc) is 2.44. The van der Waals surface area contributed by atoms with Crippen LogP contribution < -0.4 is 5.32 Å². The number of hydrogen-bond acceptors (Lipinski definition) is 2. The zero-order valence-corrected chi connectivity index (χ0v) is 13.8. The van der Waals surface area contributed by atoms with Gasteiger partial charge in [-0.25, -0.2) is 0 Å². The molecule has 0 bridgehead atoms. The molecule has 1 fully saturated rings. The van der Waals surface area contributed by atoms with E-state index in [1.807, 2.05) is 24.0 Å². The van der Waals surface area contributed by atoms with Gasteiger partial charge >= 0.3 is 0 Å². The molecule has 2 rings (SSSR count). The summed E-state index contributed by atoms with van der Waals surface area (Å²) in [5.74, 6) is 0.916. The molecule has 0 aliphatic carbocycles. The van der Waals surface area contributed by atoms with Crippen molar-refractivity contribution in [3.8, 4) is 0 Å². The zero-order valence-electron chi connectivity index (χ0n) is 13.8. The smallest absolute Gasteiger partial charge is 0.254 e. The Kier molecular flexibility index (Phi) is 5.27. The molecule has 1 aromatic carbocycles. The number of benzene rings is 1. The summed E-state index contributed by atoms with van der Waals surface area (Å²) in [7, 11) is 0. The van der Waals surface area contributed by atoms with Crippen LogP contribution in [0.15, 0.2) is 18.2 Å². The normalized spacial score (nSPS) is 22.2. The van der Waals surface area contributed by atoms with Crippen LogP contribution in [0.4, 0.5) is 5.69 Å². The third-order valence-corrected chi connectivity index (χ3v) is 4.44. The van der Waals surface area contributed by atoms with Crippen molar-refractivity contribution in [2.75, 3.05) is 18.4 Å². The molecule has 1 aliphatic heterocycles. The minimum atomic E-state index is 0.189. The van der Waals surface area contributed by atoms with Gasteiger partial charge in [-0.1, -0.05) is 13.8 Å². The second kappa shape index (κ2) is 6.97. The van der Waals surface area contributed by atoms with Gasteiger partial charge in [0.1, 0.15) is 0 Å². The lowest BCUT2D eigenvalue weighted by Crippen LogP contribution is -2.44. The molecular formula is C18H28N2O. The maximum Gasteiger partial charge on any atom is 0.254 e. The molecule has 1 aliphatic rings. The first-order chi connectivity index (χ1) is 10.0. The first kappa shape index (κ1) is 15.9. The fourth-order valence-corrected chi connectivity index (χ4v) is 3.15. The second-order valence-electron chi connectivity index (χ2n) is 6.43. The number of nitrogens with zero attached hydrogens (tertiary/aromatic N) is 1. The van der Waals surface area contributed by atoms with Crippen LogP contribution in [-0.2, 0) is 0 Å². The predicted octanol–water partition coefficient (Wildman–Crippen LogP) is 4.08. The molecular weight excluding hydrogens is 260 g/mol. The van der Waals surface area contributed by atoms with Crippen molar-refractivity contribution in [2.45, 2.75) is 53.0 Å². The van der Waals surface area contributed by atoms with Gasteiger partial charge in [0.25, 0.3) is 5.91 Å². The van der Waals surface area contributed by atoms with Crippen molar-refractivity contribution in [3.05, 3.63) is 29.3 Å².